The number of aldehydes is 1. The van der Waals surface area contributed by atoms with E-state index in [0.29, 0.717) is 0 Å². The molecular formula is C11H15NO. The van der Waals surface area contributed by atoms with E-state index in [1.807, 2.05) is 37.3 Å². The monoisotopic (exact) mass is 177 g/mol. The second-order valence-corrected chi connectivity index (χ2v) is 2.99. The molecule has 0 spiro atoms. The summed E-state index contributed by atoms with van der Waals surface area (Å²) in [6.07, 6.45) is 1.74. The van der Waals surface area contributed by atoms with Crippen LogP contribution in [0.2, 0.25) is 0 Å². The van der Waals surface area contributed by atoms with Crippen molar-refractivity contribution >= 4 is 6.29 Å². The maximum absolute atomic E-state index is 10.6. The summed E-state index contributed by atoms with van der Waals surface area (Å²) in [5.74, 6) is 0. The van der Waals surface area contributed by atoms with Crippen molar-refractivity contribution in [2.24, 2.45) is 0 Å². The summed E-state index contributed by atoms with van der Waals surface area (Å²) in [7, 11) is 0. The van der Waals surface area contributed by atoms with Crippen LogP contribution in [0.25, 0.3) is 0 Å². The summed E-state index contributed by atoms with van der Waals surface area (Å²) in [5.41, 5.74) is 1.19. The molecule has 0 aromatic heterocycles. The van der Waals surface area contributed by atoms with E-state index in [2.05, 4.69) is 5.32 Å². The molecule has 1 atom stereocenters. The summed E-state index contributed by atoms with van der Waals surface area (Å²) in [6, 6.07) is 9.98. The zero-order chi connectivity index (χ0) is 9.52. The molecule has 0 bridgehead atoms. The van der Waals surface area contributed by atoms with Gasteiger partial charge in [0.1, 0.15) is 6.29 Å². The Labute approximate surface area is 79.0 Å². The largest absolute Gasteiger partial charge is 0.308 e. The SMILES string of the molecule is CCN[C@@H](C=O)Cc1ccccc1. The Balaban J connectivity index is 2.51. The average Bonchev–Trinajstić information content (AvgIpc) is 2.19. The fraction of sp³-hybridized carbons (Fsp3) is 0.364. The Bertz CT molecular complexity index is 246. The van der Waals surface area contributed by atoms with E-state index in [0.717, 1.165) is 19.3 Å². The average molecular weight is 177 g/mol. The molecule has 0 amide bonds. The molecule has 1 aromatic carbocycles. The van der Waals surface area contributed by atoms with Crippen molar-refractivity contribution in [3.05, 3.63) is 35.9 Å². The third-order valence-corrected chi connectivity index (χ3v) is 1.93. The molecule has 0 unspecified atom stereocenters. The van der Waals surface area contributed by atoms with Crippen LogP contribution < -0.4 is 5.32 Å². The van der Waals surface area contributed by atoms with E-state index < -0.39 is 0 Å². The van der Waals surface area contributed by atoms with Gasteiger partial charge in [0.05, 0.1) is 6.04 Å². The van der Waals surface area contributed by atoms with Crippen molar-refractivity contribution in [2.45, 2.75) is 19.4 Å². The van der Waals surface area contributed by atoms with Crippen molar-refractivity contribution in [2.75, 3.05) is 6.54 Å². The molecule has 0 aliphatic carbocycles. The van der Waals surface area contributed by atoms with Crippen molar-refractivity contribution in [3.63, 3.8) is 0 Å². The first-order valence-corrected chi connectivity index (χ1v) is 4.59. The first kappa shape index (κ1) is 9.93. The van der Waals surface area contributed by atoms with Gasteiger partial charge in [-0.05, 0) is 18.5 Å². The highest BCUT2D eigenvalue weighted by Gasteiger charge is 2.04. The lowest BCUT2D eigenvalue weighted by atomic mass is 10.1. The number of rotatable bonds is 5. The van der Waals surface area contributed by atoms with E-state index in [1.54, 1.807) is 0 Å². The summed E-state index contributed by atoms with van der Waals surface area (Å²) >= 11 is 0. The van der Waals surface area contributed by atoms with Gasteiger partial charge in [-0.2, -0.15) is 0 Å². The van der Waals surface area contributed by atoms with Crippen LogP contribution in [0.15, 0.2) is 30.3 Å². The lowest BCUT2D eigenvalue weighted by Crippen LogP contribution is -2.32. The van der Waals surface area contributed by atoms with Crippen LogP contribution in [-0.4, -0.2) is 18.9 Å². The number of hydrogen-bond donors (Lipinski definition) is 1. The van der Waals surface area contributed by atoms with Gasteiger partial charge in [-0.3, -0.25) is 0 Å². The minimum Gasteiger partial charge on any atom is -0.308 e. The van der Waals surface area contributed by atoms with Crippen molar-refractivity contribution in [3.8, 4) is 0 Å². The molecule has 70 valence electrons. The zero-order valence-electron chi connectivity index (χ0n) is 7.86. The topological polar surface area (TPSA) is 29.1 Å². The lowest BCUT2D eigenvalue weighted by Gasteiger charge is -2.10. The Hall–Kier alpha value is -1.15. The molecule has 0 saturated heterocycles. The second kappa shape index (κ2) is 5.49. The molecule has 1 N–H and O–H groups in total. The molecular weight excluding hydrogens is 162 g/mol. The van der Waals surface area contributed by atoms with Gasteiger partial charge in [0.2, 0.25) is 0 Å². The number of benzene rings is 1. The highest BCUT2D eigenvalue weighted by molar-refractivity contribution is 5.58. The molecule has 0 aliphatic heterocycles. The highest BCUT2D eigenvalue weighted by Crippen LogP contribution is 2.01. The van der Waals surface area contributed by atoms with Gasteiger partial charge >= 0.3 is 0 Å². The smallest absolute Gasteiger partial charge is 0.137 e. The van der Waals surface area contributed by atoms with Gasteiger partial charge in [0.15, 0.2) is 0 Å². The Morgan fingerprint density at radius 3 is 2.62 bits per heavy atom. The van der Waals surface area contributed by atoms with Crippen LogP contribution in [0.1, 0.15) is 12.5 Å². The molecule has 0 radical (unpaired) electrons. The summed E-state index contributed by atoms with van der Waals surface area (Å²) < 4.78 is 0. The number of hydrogen-bond acceptors (Lipinski definition) is 2. The fourth-order valence-electron chi connectivity index (χ4n) is 1.30. The molecule has 0 heterocycles. The summed E-state index contributed by atoms with van der Waals surface area (Å²) in [5, 5.41) is 3.11. The molecule has 0 fully saturated rings. The van der Waals surface area contributed by atoms with Gasteiger partial charge < -0.3 is 10.1 Å². The first-order chi connectivity index (χ1) is 6.36. The number of carbonyl (C=O) groups is 1. The minimum atomic E-state index is -0.0487. The number of carbonyl (C=O) groups excluding carboxylic acids is 1. The number of likely N-dealkylation sites (N-methyl/N-ethyl adjacent to an activating group) is 1. The maximum Gasteiger partial charge on any atom is 0.137 e. The fourth-order valence-corrected chi connectivity index (χ4v) is 1.30. The van der Waals surface area contributed by atoms with Crippen LogP contribution in [0, 0.1) is 0 Å². The van der Waals surface area contributed by atoms with Crippen molar-refractivity contribution in [1.29, 1.82) is 0 Å². The molecule has 1 rings (SSSR count). The number of nitrogens with one attached hydrogen (secondary N) is 1. The van der Waals surface area contributed by atoms with E-state index in [9.17, 15) is 4.79 Å². The van der Waals surface area contributed by atoms with Crippen molar-refractivity contribution in [1.82, 2.24) is 5.32 Å². The highest BCUT2D eigenvalue weighted by atomic mass is 16.1. The van der Waals surface area contributed by atoms with Gasteiger partial charge in [0.25, 0.3) is 0 Å². The molecule has 2 heteroatoms. The van der Waals surface area contributed by atoms with Crippen LogP contribution in [0.5, 0.6) is 0 Å². The summed E-state index contributed by atoms with van der Waals surface area (Å²) in [6.45, 7) is 2.83. The van der Waals surface area contributed by atoms with Crippen LogP contribution in [0.3, 0.4) is 0 Å². The third-order valence-electron chi connectivity index (χ3n) is 1.93. The third kappa shape index (κ3) is 3.38. The Kier molecular flexibility index (Phi) is 4.19. The summed E-state index contributed by atoms with van der Waals surface area (Å²) in [4.78, 5) is 10.6. The van der Waals surface area contributed by atoms with Gasteiger partial charge in [-0.25, -0.2) is 0 Å². The standard InChI is InChI=1S/C11H15NO/c1-2-12-11(9-13)8-10-6-4-3-5-7-10/h3-7,9,11-12H,2,8H2,1H3/t11-/m1/s1. The normalized spacial score (nSPS) is 12.4. The van der Waals surface area contributed by atoms with E-state index in [1.165, 1.54) is 5.56 Å². The maximum atomic E-state index is 10.6. The first-order valence-electron chi connectivity index (χ1n) is 4.59. The zero-order valence-corrected chi connectivity index (χ0v) is 7.86. The molecule has 1 aromatic rings. The molecule has 2 nitrogen and oxygen atoms in total. The predicted octanol–water partition coefficient (Wildman–Crippen LogP) is 1.41. The van der Waals surface area contributed by atoms with E-state index in [4.69, 9.17) is 0 Å². The van der Waals surface area contributed by atoms with Gasteiger partial charge in [-0.15, -0.1) is 0 Å². The molecule has 0 saturated carbocycles. The Morgan fingerprint density at radius 2 is 2.08 bits per heavy atom. The van der Waals surface area contributed by atoms with Crippen LogP contribution in [-0.2, 0) is 11.2 Å². The minimum absolute atomic E-state index is 0.0487. The van der Waals surface area contributed by atoms with E-state index in [-0.39, 0.29) is 6.04 Å². The molecule has 13 heavy (non-hydrogen) atoms. The van der Waals surface area contributed by atoms with Crippen LogP contribution >= 0.6 is 0 Å². The second-order valence-electron chi connectivity index (χ2n) is 2.99. The Morgan fingerprint density at radius 1 is 1.38 bits per heavy atom. The molecule has 0 aliphatic rings. The quantitative estimate of drug-likeness (QED) is 0.689. The lowest BCUT2D eigenvalue weighted by molar-refractivity contribution is -0.109. The van der Waals surface area contributed by atoms with E-state index >= 15 is 0 Å². The van der Waals surface area contributed by atoms with Crippen LogP contribution in [0.4, 0.5) is 0 Å². The van der Waals surface area contributed by atoms with Crippen molar-refractivity contribution < 1.29 is 4.79 Å². The van der Waals surface area contributed by atoms with Gasteiger partial charge in [-0.1, -0.05) is 37.3 Å². The van der Waals surface area contributed by atoms with Gasteiger partial charge in [0, 0.05) is 0 Å². The predicted molar refractivity (Wildman–Crippen MR) is 53.7 cm³/mol.